The Morgan fingerprint density at radius 1 is 1.06 bits per heavy atom. The van der Waals surface area contributed by atoms with Crippen LogP contribution in [-0.4, -0.2) is 33.7 Å². The van der Waals surface area contributed by atoms with E-state index >= 15 is 0 Å². The second-order valence-corrected chi connectivity index (χ2v) is 7.01. The van der Waals surface area contributed by atoms with Gasteiger partial charge in [-0.2, -0.15) is 0 Å². The number of halogens is 3. The molecule has 0 aliphatic carbocycles. The molecule has 0 amide bonds. The van der Waals surface area contributed by atoms with E-state index in [1.54, 1.807) is 6.92 Å². The lowest BCUT2D eigenvalue weighted by molar-refractivity contribution is -0.274. The Kier molecular flexibility index (Phi) is 6.62. The summed E-state index contributed by atoms with van der Waals surface area (Å²) < 4.78 is 47.3. The number of hydrogen-bond donors (Lipinski definition) is 0. The second-order valence-electron chi connectivity index (χ2n) is 7.01. The van der Waals surface area contributed by atoms with Crippen molar-refractivity contribution in [3.63, 3.8) is 0 Å². The molecule has 2 atom stereocenters. The normalized spacial score (nSPS) is 13.5. The Bertz CT molecular complexity index is 1010. The van der Waals surface area contributed by atoms with Crippen LogP contribution in [0.4, 0.5) is 13.2 Å². The van der Waals surface area contributed by atoms with Crippen molar-refractivity contribution in [1.29, 1.82) is 0 Å². The molecule has 0 saturated heterocycles. The Hall–Kier alpha value is -3.36. The number of carbonyl (C=O) groups excluding carboxylic acids is 1. The molecule has 0 bridgehead atoms. The molecule has 0 spiro atoms. The van der Waals surface area contributed by atoms with Crippen LogP contribution < -0.4 is 4.74 Å². The molecular formula is C22H22F3N3O3. The number of benzene rings is 2. The highest BCUT2D eigenvalue weighted by atomic mass is 19.4. The Morgan fingerprint density at radius 3 is 2.29 bits per heavy atom. The van der Waals surface area contributed by atoms with Gasteiger partial charge in [-0.05, 0) is 42.7 Å². The highest BCUT2D eigenvalue weighted by Crippen LogP contribution is 2.27. The van der Waals surface area contributed by atoms with Crippen LogP contribution in [0.3, 0.4) is 0 Å². The topological polar surface area (TPSA) is 66.2 Å². The number of aromatic nitrogens is 3. The summed E-state index contributed by atoms with van der Waals surface area (Å²) in [6.07, 6.45) is -3.26. The third-order valence-electron chi connectivity index (χ3n) is 4.93. The molecule has 1 aromatic heterocycles. The monoisotopic (exact) mass is 433 g/mol. The molecule has 3 aromatic rings. The van der Waals surface area contributed by atoms with Crippen molar-refractivity contribution in [2.75, 3.05) is 6.61 Å². The van der Waals surface area contributed by atoms with Crippen LogP contribution in [0.1, 0.15) is 32.3 Å². The zero-order valence-corrected chi connectivity index (χ0v) is 17.3. The fourth-order valence-corrected chi connectivity index (χ4v) is 3.02. The summed E-state index contributed by atoms with van der Waals surface area (Å²) >= 11 is 0. The van der Waals surface area contributed by atoms with E-state index in [1.807, 2.05) is 38.1 Å². The van der Waals surface area contributed by atoms with Crippen LogP contribution in [0.2, 0.25) is 0 Å². The molecule has 2 unspecified atom stereocenters. The molecule has 0 aliphatic rings. The van der Waals surface area contributed by atoms with Crippen molar-refractivity contribution >= 4 is 5.97 Å². The maximum atomic E-state index is 12.3. The highest BCUT2D eigenvalue weighted by Gasteiger charge is 2.31. The van der Waals surface area contributed by atoms with Gasteiger partial charge in [0.05, 0.1) is 18.2 Å². The minimum Gasteiger partial charge on any atom is -0.466 e. The molecule has 0 fully saturated rings. The van der Waals surface area contributed by atoms with Gasteiger partial charge in [-0.1, -0.05) is 38.1 Å². The van der Waals surface area contributed by atoms with Crippen molar-refractivity contribution in [2.45, 2.75) is 33.1 Å². The molecule has 9 heteroatoms. The van der Waals surface area contributed by atoms with Crippen LogP contribution in [0.5, 0.6) is 5.75 Å². The first-order chi connectivity index (χ1) is 14.7. The highest BCUT2D eigenvalue weighted by molar-refractivity contribution is 5.73. The van der Waals surface area contributed by atoms with E-state index in [2.05, 4.69) is 14.8 Å². The maximum Gasteiger partial charge on any atom is 0.573 e. The van der Waals surface area contributed by atoms with Crippen LogP contribution in [-0.2, 0) is 9.53 Å². The largest absolute Gasteiger partial charge is 0.573 e. The van der Waals surface area contributed by atoms with E-state index in [1.165, 1.54) is 35.3 Å². The Balaban J connectivity index is 1.72. The zero-order chi connectivity index (χ0) is 22.6. The first kappa shape index (κ1) is 22.3. The first-order valence-electron chi connectivity index (χ1n) is 9.72. The van der Waals surface area contributed by atoms with Crippen LogP contribution in [0.15, 0.2) is 54.9 Å². The summed E-state index contributed by atoms with van der Waals surface area (Å²) in [4.78, 5) is 16.2. The molecule has 164 valence electrons. The predicted octanol–water partition coefficient (Wildman–Crippen LogP) is 5.14. The number of nitrogens with zero attached hydrogens (tertiary/aromatic N) is 3. The summed E-state index contributed by atoms with van der Waals surface area (Å²) in [7, 11) is 0. The fourth-order valence-electron chi connectivity index (χ4n) is 3.02. The minimum absolute atomic E-state index is 0.0175. The van der Waals surface area contributed by atoms with Crippen molar-refractivity contribution in [1.82, 2.24) is 14.8 Å². The molecule has 0 N–H and O–H groups in total. The zero-order valence-electron chi connectivity index (χ0n) is 17.3. The van der Waals surface area contributed by atoms with Gasteiger partial charge in [-0.15, -0.1) is 18.3 Å². The Labute approximate surface area is 177 Å². The summed E-state index contributed by atoms with van der Waals surface area (Å²) in [6.45, 7) is 5.93. The lowest BCUT2D eigenvalue weighted by atomic mass is 9.88. The molecule has 3 rings (SSSR count). The third-order valence-corrected chi connectivity index (χ3v) is 4.93. The van der Waals surface area contributed by atoms with Crippen molar-refractivity contribution < 1.29 is 27.4 Å². The smallest absolute Gasteiger partial charge is 0.466 e. The predicted molar refractivity (Wildman–Crippen MR) is 108 cm³/mol. The number of carbonyl (C=O) groups is 1. The van der Waals surface area contributed by atoms with Gasteiger partial charge in [0.1, 0.15) is 12.1 Å². The minimum atomic E-state index is -4.74. The lowest BCUT2D eigenvalue weighted by Crippen LogP contribution is -2.20. The van der Waals surface area contributed by atoms with E-state index in [9.17, 15) is 18.0 Å². The van der Waals surface area contributed by atoms with Gasteiger partial charge >= 0.3 is 12.3 Å². The first-order valence-corrected chi connectivity index (χ1v) is 9.72. The Morgan fingerprint density at radius 2 is 1.71 bits per heavy atom. The van der Waals surface area contributed by atoms with Crippen LogP contribution in [0, 0.1) is 5.92 Å². The third kappa shape index (κ3) is 5.62. The fraction of sp³-hybridized carbons (Fsp3) is 0.318. The molecule has 0 saturated carbocycles. The number of esters is 1. The molecule has 0 radical (unpaired) electrons. The average molecular weight is 433 g/mol. The number of ether oxygens (including phenoxy) is 2. The SMILES string of the molecule is CCOC(=O)C(C)C(C)c1ccc(-c2ncn(-c3ccc(OC(F)(F)F)cc3)n2)cc1. The van der Waals surface area contributed by atoms with E-state index < -0.39 is 6.36 Å². The van der Waals surface area contributed by atoms with Crippen molar-refractivity contribution in [2.24, 2.45) is 5.92 Å². The number of alkyl halides is 3. The quantitative estimate of drug-likeness (QED) is 0.483. The van der Waals surface area contributed by atoms with Crippen molar-refractivity contribution in [3.05, 3.63) is 60.4 Å². The van der Waals surface area contributed by atoms with E-state index in [0.29, 0.717) is 18.1 Å². The average Bonchev–Trinajstić information content (AvgIpc) is 3.22. The van der Waals surface area contributed by atoms with Gasteiger partial charge in [0.25, 0.3) is 0 Å². The molecule has 1 heterocycles. The second kappa shape index (κ2) is 9.20. The van der Waals surface area contributed by atoms with Gasteiger partial charge in [0.2, 0.25) is 0 Å². The van der Waals surface area contributed by atoms with Crippen LogP contribution >= 0.6 is 0 Å². The lowest BCUT2D eigenvalue weighted by Gasteiger charge is -2.18. The van der Waals surface area contributed by atoms with Crippen molar-refractivity contribution in [3.8, 4) is 22.8 Å². The van der Waals surface area contributed by atoms with Gasteiger partial charge < -0.3 is 9.47 Å². The summed E-state index contributed by atoms with van der Waals surface area (Å²) in [5.41, 5.74) is 2.31. The van der Waals surface area contributed by atoms with Crippen LogP contribution in [0.25, 0.3) is 17.1 Å². The summed E-state index contributed by atoms with van der Waals surface area (Å²) in [5.74, 6) is -0.360. The van der Waals surface area contributed by atoms with Gasteiger partial charge in [0, 0.05) is 5.56 Å². The number of rotatable bonds is 7. The molecule has 0 aliphatic heterocycles. The van der Waals surface area contributed by atoms with E-state index in [0.717, 1.165) is 11.1 Å². The molecule has 6 nitrogen and oxygen atoms in total. The van der Waals surface area contributed by atoms with E-state index in [4.69, 9.17) is 4.74 Å². The summed E-state index contributed by atoms with van der Waals surface area (Å²) in [6, 6.07) is 12.9. The molecule has 2 aromatic carbocycles. The van der Waals surface area contributed by atoms with Gasteiger partial charge in [0.15, 0.2) is 5.82 Å². The van der Waals surface area contributed by atoms with Gasteiger partial charge in [-0.3, -0.25) is 4.79 Å². The standard InChI is InChI=1S/C22H22F3N3O3/c1-4-30-21(29)15(3)14(2)16-5-7-17(8-6-16)20-26-13-28(27-20)18-9-11-19(12-10-18)31-22(23,24)25/h5-15H,4H2,1-3H3. The molecule has 31 heavy (non-hydrogen) atoms. The molecular weight excluding hydrogens is 411 g/mol. The maximum absolute atomic E-state index is 12.3. The van der Waals surface area contributed by atoms with Gasteiger partial charge in [-0.25, -0.2) is 9.67 Å². The summed E-state index contributed by atoms with van der Waals surface area (Å²) in [5, 5.41) is 4.39. The number of hydrogen-bond acceptors (Lipinski definition) is 5. The van der Waals surface area contributed by atoms with E-state index in [-0.39, 0.29) is 23.6 Å².